The molecule has 2 saturated heterocycles. The minimum absolute atomic E-state index is 0.300. The molecule has 5 rings (SSSR count). The number of methoxy groups -OCH3 is 4. The molecule has 0 amide bonds. The molecule has 0 unspecified atom stereocenters. The van der Waals surface area contributed by atoms with Crippen molar-refractivity contribution in [2.75, 3.05) is 54.7 Å². The van der Waals surface area contributed by atoms with Crippen molar-refractivity contribution in [2.45, 2.75) is 71.1 Å². The number of nitrogens with zero attached hydrogens (tertiary/aromatic N) is 2. The Morgan fingerprint density at radius 2 is 1.18 bits per heavy atom. The van der Waals surface area contributed by atoms with Gasteiger partial charge in [0.15, 0.2) is 0 Å². The molecule has 2 aromatic carbocycles. The molecule has 240 valence electrons. The fourth-order valence-electron chi connectivity index (χ4n) is 8.42. The molecule has 2 fully saturated rings. The van der Waals surface area contributed by atoms with Crippen molar-refractivity contribution in [1.29, 1.82) is 0 Å². The molecule has 2 heterocycles. The number of benzene rings is 2. The molecule has 0 radical (unpaired) electrons. The third-order valence-corrected chi connectivity index (χ3v) is 18.0. The Morgan fingerprint density at radius 1 is 0.750 bits per heavy atom. The SMILES string of the molecule is B[PH](C1=CC=C[C@H]1P(c1cc(C)c(OC)c(C)c1)c1cc(C)c(OC)c(C)c1)(N1CCC[C@H]1COC)N1CCC[C@H]1COC. The van der Waals surface area contributed by atoms with Gasteiger partial charge in [-0.3, -0.25) is 0 Å². The summed E-state index contributed by atoms with van der Waals surface area (Å²) in [4.78, 5) is 0. The average Bonchev–Trinajstić information content (AvgIpc) is 3.75. The third kappa shape index (κ3) is 6.18. The van der Waals surface area contributed by atoms with Crippen LogP contribution in [0.2, 0.25) is 0 Å². The molecular formula is C35H53BN2O4P2. The molecule has 0 N–H and O–H groups in total. The van der Waals surface area contributed by atoms with Crippen LogP contribution in [-0.2, 0) is 9.47 Å². The van der Waals surface area contributed by atoms with Crippen molar-refractivity contribution in [2.24, 2.45) is 0 Å². The molecule has 0 spiro atoms. The summed E-state index contributed by atoms with van der Waals surface area (Å²) in [5.41, 5.74) is 5.09. The Hall–Kier alpha value is -1.72. The van der Waals surface area contributed by atoms with Crippen LogP contribution in [0.5, 0.6) is 11.5 Å². The van der Waals surface area contributed by atoms with E-state index in [1.165, 1.54) is 58.5 Å². The van der Waals surface area contributed by atoms with Crippen molar-refractivity contribution in [3.63, 3.8) is 0 Å². The van der Waals surface area contributed by atoms with Gasteiger partial charge in [-0.1, -0.05) is 0 Å². The van der Waals surface area contributed by atoms with Crippen LogP contribution in [0, 0.1) is 27.7 Å². The van der Waals surface area contributed by atoms with Gasteiger partial charge >= 0.3 is 269 Å². The van der Waals surface area contributed by atoms with E-state index < -0.39 is 15.4 Å². The summed E-state index contributed by atoms with van der Waals surface area (Å²) in [6, 6.07) is 10.5. The van der Waals surface area contributed by atoms with Gasteiger partial charge < -0.3 is 0 Å². The maximum atomic E-state index is 5.84. The Morgan fingerprint density at radius 3 is 1.57 bits per heavy atom. The second-order valence-corrected chi connectivity index (χ2v) is 19.1. The summed E-state index contributed by atoms with van der Waals surface area (Å²) in [6.45, 7) is 12.6. The molecular weight excluding hydrogens is 585 g/mol. The topological polar surface area (TPSA) is 43.4 Å². The Bertz CT molecular complexity index is 1270. The van der Waals surface area contributed by atoms with Gasteiger partial charge in [-0.15, -0.1) is 0 Å². The second kappa shape index (κ2) is 14.4. The number of aryl methyl sites for hydroxylation is 4. The Balaban J connectivity index is 1.69. The monoisotopic (exact) mass is 638 g/mol. The van der Waals surface area contributed by atoms with Crippen molar-refractivity contribution in [3.8, 4) is 11.5 Å². The number of rotatable bonds is 12. The molecule has 2 aliphatic heterocycles. The standard InChI is InChI=1S/C35H53BN2O4P2/c1-24-18-30(19-25(2)34(24)41-7)43(31-20-26(3)35(42-8)27(4)21-31)32-14-9-15-33(32)44(36,37-16-10-12-28(37)22-39-5)38-17-11-13-29(38)23-40-6/h9,14-15,18-21,28-29,32,44H,10-13,16-17,22-23,36H2,1-8H3/t28-,29-,32+/m0/s1. The number of ether oxygens (including phenoxy) is 4. The van der Waals surface area contributed by atoms with E-state index in [-0.39, 0.29) is 0 Å². The summed E-state index contributed by atoms with van der Waals surface area (Å²) < 4.78 is 29.2. The zero-order valence-corrected chi connectivity index (χ0v) is 30.3. The molecule has 3 aliphatic rings. The van der Waals surface area contributed by atoms with Crippen molar-refractivity contribution in [3.05, 3.63) is 70.1 Å². The minimum atomic E-state index is -2.36. The molecule has 6 nitrogen and oxygen atoms in total. The fraction of sp³-hybridized carbons (Fsp3) is 0.543. The van der Waals surface area contributed by atoms with Crippen LogP contribution in [0.25, 0.3) is 0 Å². The first-order chi connectivity index (χ1) is 21.2. The zero-order valence-electron chi connectivity index (χ0n) is 28.4. The van der Waals surface area contributed by atoms with Gasteiger partial charge in [0.25, 0.3) is 0 Å². The van der Waals surface area contributed by atoms with Crippen LogP contribution in [-0.4, -0.2) is 89.4 Å². The van der Waals surface area contributed by atoms with E-state index in [0.29, 0.717) is 17.7 Å². The van der Waals surface area contributed by atoms with Gasteiger partial charge in [-0.25, -0.2) is 0 Å². The van der Waals surface area contributed by atoms with Gasteiger partial charge in [-0.2, -0.15) is 0 Å². The van der Waals surface area contributed by atoms with Crippen molar-refractivity contribution in [1.82, 2.24) is 9.34 Å². The molecule has 3 atom stereocenters. The van der Waals surface area contributed by atoms with E-state index in [1.54, 1.807) is 19.5 Å². The molecule has 0 saturated carbocycles. The van der Waals surface area contributed by atoms with Crippen LogP contribution in [0.1, 0.15) is 47.9 Å². The predicted molar refractivity (Wildman–Crippen MR) is 192 cm³/mol. The van der Waals surface area contributed by atoms with E-state index in [2.05, 4.69) is 87.1 Å². The molecule has 1 aliphatic carbocycles. The van der Waals surface area contributed by atoms with Gasteiger partial charge in [-0.05, 0) is 0 Å². The van der Waals surface area contributed by atoms with Crippen LogP contribution < -0.4 is 20.1 Å². The van der Waals surface area contributed by atoms with E-state index in [9.17, 15) is 0 Å². The Kier molecular flexibility index (Phi) is 11.0. The van der Waals surface area contributed by atoms with Crippen LogP contribution in [0.3, 0.4) is 0 Å². The summed E-state index contributed by atoms with van der Waals surface area (Å²) in [6.07, 6.45) is 12.2. The molecule has 0 aromatic heterocycles. The number of allylic oxidation sites excluding steroid dienone is 4. The number of hydrogen-bond donors (Lipinski definition) is 0. The molecule has 9 heteroatoms. The van der Waals surface area contributed by atoms with E-state index in [4.69, 9.17) is 18.9 Å². The van der Waals surface area contributed by atoms with Gasteiger partial charge in [0.05, 0.1) is 0 Å². The average molecular weight is 639 g/mol. The Labute approximate surface area is 268 Å². The quantitative estimate of drug-likeness (QED) is 0.225. The van der Waals surface area contributed by atoms with Gasteiger partial charge in [0.2, 0.25) is 0 Å². The summed E-state index contributed by atoms with van der Waals surface area (Å²) in [5, 5.41) is 4.44. The third-order valence-electron chi connectivity index (χ3n) is 10.2. The van der Waals surface area contributed by atoms with Gasteiger partial charge in [0, 0.05) is 0 Å². The summed E-state index contributed by atoms with van der Waals surface area (Å²) in [5.74, 6) is 1.98. The second-order valence-electron chi connectivity index (χ2n) is 13.0. The van der Waals surface area contributed by atoms with Gasteiger partial charge in [0.1, 0.15) is 0 Å². The van der Waals surface area contributed by atoms with Crippen LogP contribution in [0.15, 0.2) is 47.8 Å². The first kappa shape index (κ1) is 33.6. The fourth-order valence-corrected chi connectivity index (χ4v) is 17.5. The number of hydrogen-bond acceptors (Lipinski definition) is 6. The van der Waals surface area contributed by atoms with Crippen molar-refractivity contribution >= 4 is 33.5 Å². The summed E-state index contributed by atoms with van der Waals surface area (Å²) in [7, 11) is 6.79. The van der Waals surface area contributed by atoms with Crippen molar-refractivity contribution < 1.29 is 18.9 Å². The normalized spacial score (nSPS) is 23.1. The van der Waals surface area contributed by atoms with Crippen LogP contribution in [0.4, 0.5) is 0 Å². The predicted octanol–water partition coefficient (Wildman–Crippen LogP) is 5.54. The molecule has 2 aromatic rings. The first-order valence-electron chi connectivity index (χ1n) is 16.2. The van der Waals surface area contributed by atoms with Crippen LogP contribution >= 0.6 is 15.4 Å². The zero-order chi connectivity index (χ0) is 31.6. The molecule has 0 bridgehead atoms. The van der Waals surface area contributed by atoms with E-state index in [0.717, 1.165) is 37.8 Å². The first-order valence-corrected chi connectivity index (χ1v) is 20.0. The van der Waals surface area contributed by atoms with E-state index >= 15 is 0 Å². The maximum absolute atomic E-state index is 5.84. The molecule has 44 heavy (non-hydrogen) atoms. The van der Waals surface area contributed by atoms with E-state index in [1.807, 2.05) is 14.2 Å². The summed E-state index contributed by atoms with van der Waals surface area (Å²) >= 11 is 0.